The summed E-state index contributed by atoms with van der Waals surface area (Å²) < 4.78 is 34.7. The highest BCUT2D eigenvalue weighted by Crippen LogP contribution is 2.43. The Hall–Kier alpha value is -1.51. The Labute approximate surface area is 479 Å². The van der Waals surface area contributed by atoms with Crippen LogP contribution in [0.1, 0.15) is 341 Å². The van der Waals surface area contributed by atoms with E-state index in [1.54, 1.807) is 0 Å². The van der Waals surface area contributed by atoms with Crippen molar-refractivity contribution in [3.63, 3.8) is 0 Å². The minimum Gasteiger partial charge on any atom is -0.462 e. The fourth-order valence-electron chi connectivity index (χ4n) is 10.0. The zero-order valence-corrected chi connectivity index (χ0v) is 52.9. The zero-order valence-electron chi connectivity index (χ0n) is 52.0. The number of carbonyl (C=O) groups is 2. The van der Waals surface area contributed by atoms with Gasteiger partial charge in [-0.15, -0.1) is 0 Å². The first-order valence-electron chi connectivity index (χ1n) is 33.6. The molecule has 0 aliphatic carbocycles. The fourth-order valence-corrected chi connectivity index (χ4v) is 10.8. The molecule has 2 unspecified atom stereocenters. The summed E-state index contributed by atoms with van der Waals surface area (Å²) in [5, 5.41) is 0. The van der Waals surface area contributed by atoms with Gasteiger partial charge in [0.05, 0.1) is 27.7 Å². The van der Waals surface area contributed by atoms with E-state index in [0.29, 0.717) is 17.4 Å². The van der Waals surface area contributed by atoms with Gasteiger partial charge in [0.1, 0.15) is 19.8 Å². The van der Waals surface area contributed by atoms with Gasteiger partial charge in [0.2, 0.25) is 0 Å². The average molecular weight is 1110 g/mol. The Kier molecular flexibility index (Phi) is 58.0. The number of allylic oxidation sites excluding steroid dienone is 4. The highest BCUT2D eigenvalue weighted by Gasteiger charge is 2.27. The highest BCUT2D eigenvalue weighted by atomic mass is 31.2. The monoisotopic (exact) mass is 1110 g/mol. The maximum Gasteiger partial charge on any atom is 0.472 e. The van der Waals surface area contributed by atoms with E-state index >= 15 is 0 Å². The number of phosphoric acid groups is 1. The molecule has 1 N–H and O–H groups in total. The van der Waals surface area contributed by atoms with E-state index < -0.39 is 26.5 Å². The maximum absolute atomic E-state index is 12.8. The average Bonchev–Trinajstić information content (AvgIpc) is 3.39. The molecule has 0 aliphatic heterocycles. The van der Waals surface area contributed by atoms with Gasteiger partial charge in [-0.2, -0.15) is 0 Å². The summed E-state index contributed by atoms with van der Waals surface area (Å²) in [7, 11) is 1.49. The van der Waals surface area contributed by atoms with Crippen LogP contribution in [0, 0.1) is 0 Å². The number of quaternary nitrogens is 1. The molecule has 0 aromatic heterocycles. The highest BCUT2D eigenvalue weighted by molar-refractivity contribution is 7.47. The normalized spacial score (nSPS) is 13.3. The molecule has 0 heterocycles. The van der Waals surface area contributed by atoms with Crippen LogP contribution in [-0.4, -0.2) is 74.9 Å². The topological polar surface area (TPSA) is 108 Å². The Balaban J connectivity index is 3.95. The van der Waals surface area contributed by atoms with Crippen molar-refractivity contribution in [2.24, 2.45) is 0 Å². The van der Waals surface area contributed by atoms with Crippen molar-refractivity contribution in [3.05, 3.63) is 24.3 Å². The molecular formula is C67H131NO8P+. The van der Waals surface area contributed by atoms with Crippen molar-refractivity contribution in [1.29, 1.82) is 0 Å². The molecule has 0 aliphatic rings. The Morgan fingerprint density at radius 2 is 0.662 bits per heavy atom. The van der Waals surface area contributed by atoms with Crippen LogP contribution >= 0.6 is 7.82 Å². The van der Waals surface area contributed by atoms with E-state index in [9.17, 15) is 19.0 Å². The Morgan fingerprint density at radius 3 is 0.961 bits per heavy atom. The smallest absolute Gasteiger partial charge is 0.462 e. The van der Waals surface area contributed by atoms with Crippen LogP contribution < -0.4 is 0 Å². The molecule has 0 radical (unpaired) electrons. The van der Waals surface area contributed by atoms with E-state index in [1.165, 1.54) is 276 Å². The van der Waals surface area contributed by atoms with E-state index in [0.717, 1.165) is 32.1 Å². The molecule has 0 saturated heterocycles. The first kappa shape index (κ1) is 75.5. The van der Waals surface area contributed by atoms with Crippen molar-refractivity contribution < 1.29 is 42.1 Å². The SMILES string of the molecule is CCCCCCCCC/C=C\CCCCCCCCCC(=O)OCC(COP(=O)(O)OCC[N+](C)(C)C)OC(=O)CCCCCCCCCCCCCCCCCCCCCCCCC/C=C\CCCCCCCCCC. The van der Waals surface area contributed by atoms with Gasteiger partial charge in [0, 0.05) is 12.8 Å². The number of rotatable bonds is 63. The quantitative estimate of drug-likeness (QED) is 0.0211. The second kappa shape index (κ2) is 59.1. The van der Waals surface area contributed by atoms with Crippen molar-refractivity contribution in [2.45, 2.75) is 347 Å². The van der Waals surface area contributed by atoms with Gasteiger partial charge in [-0.25, -0.2) is 4.57 Å². The summed E-state index contributed by atoms with van der Waals surface area (Å²) in [5.74, 6) is -0.783. The number of hydrogen-bond acceptors (Lipinski definition) is 7. The molecule has 0 bridgehead atoms. The third-order valence-electron chi connectivity index (χ3n) is 15.2. The minimum absolute atomic E-state index is 0.0341. The maximum atomic E-state index is 12.8. The lowest BCUT2D eigenvalue weighted by atomic mass is 10.0. The molecule has 77 heavy (non-hydrogen) atoms. The van der Waals surface area contributed by atoms with Crippen molar-refractivity contribution in [3.8, 4) is 0 Å². The Morgan fingerprint density at radius 1 is 0.390 bits per heavy atom. The van der Waals surface area contributed by atoms with Gasteiger partial charge in [0.15, 0.2) is 6.10 Å². The molecule has 2 atom stereocenters. The summed E-state index contributed by atoms with van der Waals surface area (Å²) in [5.41, 5.74) is 0. The third-order valence-corrected chi connectivity index (χ3v) is 16.2. The molecule has 10 heteroatoms. The summed E-state index contributed by atoms with van der Waals surface area (Å²) in [6, 6.07) is 0. The van der Waals surface area contributed by atoms with Crippen LogP contribution in [0.25, 0.3) is 0 Å². The summed E-state index contributed by atoms with van der Waals surface area (Å²) in [4.78, 5) is 35.8. The lowest BCUT2D eigenvalue weighted by Gasteiger charge is -2.24. The van der Waals surface area contributed by atoms with Gasteiger partial charge in [-0.1, -0.05) is 289 Å². The molecule has 0 rings (SSSR count). The fraction of sp³-hybridized carbons (Fsp3) is 0.910. The first-order chi connectivity index (χ1) is 37.5. The second-order valence-electron chi connectivity index (χ2n) is 24.2. The molecule has 0 fully saturated rings. The molecule has 456 valence electrons. The summed E-state index contributed by atoms with van der Waals surface area (Å²) in [6.07, 6.45) is 72.9. The van der Waals surface area contributed by atoms with Crippen LogP contribution in [0.3, 0.4) is 0 Å². The summed E-state index contributed by atoms with van der Waals surface area (Å²) >= 11 is 0. The molecule has 0 aromatic carbocycles. The van der Waals surface area contributed by atoms with Gasteiger partial charge in [-0.3, -0.25) is 18.6 Å². The minimum atomic E-state index is -4.39. The zero-order chi connectivity index (χ0) is 56.3. The van der Waals surface area contributed by atoms with Crippen LogP contribution in [0.5, 0.6) is 0 Å². The largest absolute Gasteiger partial charge is 0.472 e. The van der Waals surface area contributed by atoms with E-state index in [2.05, 4.69) is 38.2 Å². The number of hydrogen-bond donors (Lipinski definition) is 1. The molecule has 0 saturated carbocycles. The van der Waals surface area contributed by atoms with E-state index in [1.807, 2.05) is 21.1 Å². The van der Waals surface area contributed by atoms with Crippen LogP contribution in [0.4, 0.5) is 0 Å². The number of phosphoric ester groups is 1. The molecule has 0 amide bonds. The standard InChI is InChI=1S/C67H130NO8P/c1-6-8-10-12-14-16-18-20-22-24-26-27-28-29-30-31-32-33-34-35-36-37-38-39-40-41-42-44-46-48-50-52-54-56-58-60-67(70)76-65(64-75-77(71,72)74-62-61-68(3,4)5)63-73-66(69)59-57-55-53-51-49-47-45-43-25-23-21-19-17-15-13-11-9-7-2/h23-26,65H,6-22,27-64H2,1-5H3/p+1/b25-23-,26-24-. The molecule has 9 nitrogen and oxygen atoms in total. The van der Waals surface area contributed by atoms with Crippen LogP contribution in [0.2, 0.25) is 0 Å². The number of unbranched alkanes of at least 4 members (excludes halogenated alkanes) is 45. The predicted octanol–water partition coefficient (Wildman–Crippen LogP) is 21.3. The van der Waals surface area contributed by atoms with Gasteiger partial charge in [-0.05, 0) is 64.2 Å². The van der Waals surface area contributed by atoms with Crippen molar-refractivity contribution in [1.82, 2.24) is 0 Å². The molecule has 0 spiro atoms. The van der Waals surface area contributed by atoms with Gasteiger partial charge >= 0.3 is 19.8 Å². The molecular weight excluding hydrogens is 978 g/mol. The number of nitrogens with zero attached hydrogens (tertiary/aromatic N) is 1. The van der Waals surface area contributed by atoms with E-state index in [-0.39, 0.29) is 32.0 Å². The van der Waals surface area contributed by atoms with Gasteiger partial charge in [0.25, 0.3) is 0 Å². The number of carbonyl (C=O) groups excluding carboxylic acids is 2. The number of esters is 2. The van der Waals surface area contributed by atoms with Crippen LogP contribution in [-0.2, 0) is 32.7 Å². The third kappa shape index (κ3) is 63.5. The lowest BCUT2D eigenvalue weighted by molar-refractivity contribution is -0.870. The van der Waals surface area contributed by atoms with Gasteiger partial charge < -0.3 is 18.9 Å². The van der Waals surface area contributed by atoms with Crippen LogP contribution in [0.15, 0.2) is 24.3 Å². The van der Waals surface area contributed by atoms with Crippen molar-refractivity contribution in [2.75, 3.05) is 47.5 Å². The van der Waals surface area contributed by atoms with E-state index in [4.69, 9.17) is 18.5 Å². The summed E-state index contributed by atoms with van der Waals surface area (Å²) in [6.45, 7) is 4.49. The lowest BCUT2D eigenvalue weighted by Crippen LogP contribution is -2.37. The number of likely N-dealkylation sites (N-methyl/N-ethyl adjacent to an activating group) is 1. The number of ether oxygens (including phenoxy) is 2. The second-order valence-corrected chi connectivity index (χ2v) is 25.7. The Bertz CT molecular complexity index is 1350. The molecule has 0 aromatic rings. The first-order valence-corrected chi connectivity index (χ1v) is 35.1. The predicted molar refractivity (Wildman–Crippen MR) is 331 cm³/mol. The van der Waals surface area contributed by atoms with Crippen molar-refractivity contribution >= 4 is 19.8 Å².